The van der Waals surface area contributed by atoms with Crippen molar-refractivity contribution in [3.05, 3.63) is 17.0 Å². The molecule has 15 heavy (non-hydrogen) atoms. The number of ether oxygens (including phenoxy) is 1. The van der Waals surface area contributed by atoms with Crippen LogP contribution in [0.4, 0.5) is 5.82 Å². The molecule has 0 radical (unpaired) electrons. The smallest absolute Gasteiger partial charge is 0.130 e. The second-order valence-electron chi connectivity index (χ2n) is 3.74. The fourth-order valence-corrected chi connectivity index (χ4v) is 2.22. The Morgan fingerprint density at radius 3 is 3.00 bits per heavy atom. The van der Waals surface area contributed by atoms with Gasteiger partial charge in [0.2, 0.25) is 0 Å². The Morgan fingerprint density at radius 2 is 2.33 bits per heavy atom. The standard InChI is InChI=1S/C10H14BrN3O/c1-15-8-3-2-7(4-8)14-10-5-9(11)12-6-13-10/h5-8H,2-4H2,1H3,(H,12,13,14). The molecule has 0 bridgehead atoms. The second-order valence-corrected chi connectivity index (χ2v) is 4.55. The fraction of sp³-hybridized carbons (Fsp3) is 0.600. The van der Waals surface area contributed by atoms with Gasteiger partial charge in [0.15, 0.2) is 0 Å². The number of nitrogens with zero attached hydrogens (tertiary/aromatic N) is 2. The van der Waals surface area contributed by atoms with Crippen molar-refractivity contribution < 1.29 is 4.74 Å². The molecule has 0 amide bonds. The van der Waals surface area contributed by atoms with Crippen LogP contribution in [-0.4, -0.2) is 29.2 Å². The van der Waals surface area contributed by atoms with E-state index in [9.17, 15) is 0 Å². The predicted molar refractivity (Wildman–Crippen MR) is 61.8 cm³/mol. The minimum Gasteiger partial charge on any atom is -0.381 e. The van der Waals surface area contributed by atoms with Gasteiger partial charge in [-0.2, -0.15) is 0 Å². The molecule has 2 atom stereocenters. The molecule has 0 spiro atoms. The molecule has 1 aliphatic rings. The normalized spacial score (nSPS) is 25.5. The minimum atomic E-state index is 0.396. The predicted octanol–water partition coefficient (Wildman–Crippen LogP) is 2.22. The number of anilines is 1. The number of hydrogen-bond donors (Lipinski definition) is 1. The number of hydrogen-bond acceptors (Lipinski definition) is 4. The van der Waals surface area contributed by atoms with Crippen LogP contribution in [0.5, 0.6) is 0 Å². The van der Waals surface area contributed by atoms with Gasteiger partial charge in [-0.25, -0.2) is 9.97 Å². The van der Waals surface area contributed by atoms with E-state index < -0.39 is 0 Å². The third-order valence-electron chi connectivity index (χ3n) is 2.70. The van der Waals surface area contributed by atoms with Crippen molar-refractivity contribution in [2.75, 3.05) is 12.4 Å². The number of rotatable bonds is 3. The maximum Gasteiger partial charge on any atom is 0.130 e. The molecule has 1 fully saturated rings. The molecule has 0 aromatic carbocycles. The van der Waals surface area contributed by atoms with Gasteiger partial charge in [0, 0.05) is 19.2 Å². The van der Waals surface area contributed by atoms with E-state index in [1.165, 1.54) is 0 Å². The monoisotopic (exact) mass is 271 g/mol. The van der Waals surface area contributed by atoms with Crippen molar-refractivity contribution in [3.8, 4) is 0 Å². The Hall–Kier alpha value is -0.680. The SMILES string of the molecule is COC1CCC(Nc2cc(Br)ncn2)C1. The molecule has 82 valence electrons. The molecule has 1 aromatic heterocycles. The molecule has 1 aliphatic carbocycles. The van der Waals surface area contributed by atoms with Crippen molar-refractivity contribution in [1.82, 2.24) is 9.97 Å². The molecule has 5 heteroatoms. The summed E-state index contributed by atoms with van der Waals surface area (Å²) in [5.74, 6) is 0.874. The highest BCUT2D eigenvalue weighted by atomic mass is 79.9. The summed E-state index contributed by atoms with van der Waals surface area (Å²) in [6.07, 6.45) is 5.26. The summed E-state index contributed by atoms with van der Waals surface area (Å²) in [6.45, 7) is 0. The van der Waals surface area contributed by atoms with Gasteiger partial charge in [0.1, 0.15) is 16.7 Å². The molecule has 1 aromatic rings. The van der Waals surface area contributed by atoms with Crippen LogP contribution in [0.15, 0.2) is 17.0 Å². The average Bonchev–Trinajstić information content (AvgIpc) is 2.65. The Kier molecular flexibility index (Phi) is 3.53. The maximum absolute atomic E-state index is 5.32. The van der Waals surface area contributed by atoms with Crippen LogP contribution < -0.4 is 5.32 Å². The first-order valence-electron chi connectivity index (χ1n) is 5.05. The first-order chi connectivity index (χ1) is 7.28. The van der Waals surface area contributed by atoms with Gasteiger partial charge >= 0.3 is 0 Å². The fourth-order valence-electron chi connectivity index (χ4n) is 1.91. The van der Waals surface area contributed by atoms with Gasteiger partial charge in [-0.05, 0) is 35.2 Å². The van der Waals surface area contributed by atoms with Crippen molar-refractivity contribution in [1.29, 1.82) is 0 Å². The zero-order valence-electron chi connectivity index (χ0n) is 8.61. The molecule has 0 aliphatic heterocycles. The van der Waals surface area contributed by atoms with Crippen molar-refractivity contribution in [3.63, 3.8) is 0 Å². The third kappa shape index (κ3) is 2.89. The summed E-state index contributed by atoms with van der Waals surface area (Å²) < 4.78 is 6.13. The number of aromatic nitrogens is 2. The first kappa shape index (κ1) is 10.8. The first-order valence-corrected chi connectivity index (χ1v) is 5.84. The zero-order valence-corrected chi connectivity index (χ0v) is 10.2. The van der Waals surface area contributed by atoms with Gasteiger partial charge in [-0.3, -0.25) is 0 Å². The van der Waals surface area contributed by atoms with E-state index in [2.05, 4.69) is 31.2 Å². The lowest BCUT2D eigenvalue weighted by Gasteiger charge is -2.13. The number of nitrogens with one attached hydrogen (secondary N) is 1. The van der Waals surface area contributed by atoms with Crippen LogP contribution in [-0.2, 0) is 4.74 Å². The van der Waals surface area contributed by atoms with E-state index >= 15 is 0 Å². The molecule has 1 N–H and O–H groups in total. The third-order valence-corrected chi connectivity index (χ3v) is 3.14. The molecule has 1 saturated carbocycles. The molecular formula is C10H14BrN3O. The average molecular weight is 272 g/mol. The van der Waals surface area contributed by atoms with E-state index in [1.807, 2.05) is 6.07 Å². The van der Waals surface area contributed by atoms with Crippen LogP contribution in [0.3, 0.4) is 0 Å². The molecule has 0 saturated heterocycles. The summed E-state index contributed by atoms with van der Waals surface area (Å²) >= 11 is 3.32. The van der Waals surface area contributed by atoms with Crippen molar-refractivity contribution in [2.24, 2.45) is 0 Å². The number of methoxy groups -OCH3 is 1. The van der Waals surface area contributed by atoms with Crippen LogP contribution in [0, 0.1) is 0 Å². The van der Waals surface area contributed by atoms with Crippen LogP contribution in [0.1, 0.15) is 19.3 Å². The quantitative estimate of drug-likeness (QED) is 0.857. The van der Waals surface area contributed by atoms with Crippen molar-refractivity contribution >= 4 is 21.7 Å². The van der Waals surface area contributed by atoms with Crippen LogP contribution in [0.25, 0.3) is 0 Å². The Labute approximate surface area is 97.6 Å². The molecule has 4 nitrogen and oxygen atoms in total. The summed E-state index contributed by atoms with van der Waals surface area (Å²) in [7, 11) is 1.77. The van der Waals surface area contributed by atoms with Crippen LogP contribution >= 0.6 is 15.9 Å². The summed E-state index contributed by atoms with van der Waals surface area (Å²) in [4.78, 5) is 8.15. The van der Waals surface area contributed by atoms with E-state index in [0.29, 0.717) is 12.1 Å². The molecular weight excluding hydrogens is 258 g/mol. The Morgan fingerprint density at radius 1 is 1.47 bits per heavy atom. The van der Waals surface area contributed by atoms with Gasteiger partial charge < -0.3 is 10.1 Å². The van der Waals surface area contributed by atoms with E-state index in [1.54, 1.807) is 13.4 Å². The van der Waals surface area contributed by atoms with Gasteiger partial charge in [0.25, 0.3) is 0 Å². The van der Waals surface area contributed by atoms with E-state index in [4.69, 9.17) is 4.74 Å². The molecule has 2 rings (SSSR count). The van der Waals surface area contributed by atoms with E-state index in [0.717, 1.165) is 29.7 Å². The topological polar surface area (TPSA) is 47.0 Å². The number of halogens is 1. The molecule has 1 heterocycles. The minimum absolute atomic E-state index is 0.396. The van der Waals surface area contributed by atoms with Gasteiger partial charge in [-0.15, -0.1) is 0 Å². The van der Waals surface area contributed by atoms with Gasteiger partial charge in [-0.1, -0.05) is 0 Å². The highest BCUT2D eigenvalue weighted by Gasteiger charge is 2.24. The largest absolute Gasteiger partial charge is 0.381 e. The van der Waals surface area contributed by atoms with Crippen LogP contribution in [0.2, 0.25) is 0 Å². The highest BCUT2D eigenvalue weighted by Crippen LogP contribution is 2.24. The van der Waals surface area contributed by atoms with Gasteiger partial charge in [0.05, 0.1) is 6.10 Å². The Balaban J connectivity index is 1.92. The molecule has 2 unspecified atom stereocenters. The summed E-state index contributed by atoms with van der Waals surface area (Å²) in [6, 6.07) is 2.36. The maximum atomic E-state index is 5.32. The highest BCUT2D eigenvalue weighted by molar-refractivity contribution is 9.10. The lowest BCUT2D eigenvalue weighted by Crippen LogP contribution is -2.18. The Bertz CT molecular complexity index is 334. The van der Waals surface area contributed by atoms with Crippen molar-refractivity contribution in [2.45, 2.75) is 31.4 Å². The second kappa shape index (κ2) is 4.90. The lowest BCUT2D eigenvalue weighted by atomic mass is 10.2. The summed E-state index contributed by atoms with van der Waals surface area (Å²) in [5, 5.41) is 3.38. The summed E-state index contributed by atoms with van der Waals surface area (Å²) in [5.41, 5.74) is 0. The zero-order chi connectivity index (χ0) is 10.7. The van der Waals surface area contributed by atoms with E-state index in [-0.39, 0.29) is 0 Å². The lowest BCUT2D eigenvalue weighted by molar-refractivity contribution is 0.108.